The van der Waals surface area contributed by atoms with E-state index in [1.54, 1.807) is 6.08 Å². The van der Waals surface area contributed by atoms with E-state index in [1.165, 1.54) is 353 Å². The number of aliphatic hydroxyl groups excluding tert-OH is 11. The molecule has 0 aromatic carbocycles. The molecule has 19 nitrogen and oxygen atoms in total. The predicted molar refractivity (Wildman–Crippen MR) is 439 cm³/mol. The van der Waals surface area contributed by atoms with Gasteiger partial charge in [-0.2, -0.15) is 0 Å². The SMILES string of the molecule is CCCCCCCCCCCCCCCCCCCCCCCCCCCCCC/C=C/C(O)C(COC1OC(CO)C(OC2OC(CO)C(OC3OC(CO)C(O)C(O)C3O)C(O)C2O)C(O)C1O)NC(=O)CCCCCCCCCCCCCCCCCCCCCCCCCCCCCCCCCCCC. The van der Waals surface area contributed by atoms with Crippen LogP contribution in [0.1, 0.15) is 425 Å². The van der Waals surface area contributed by atoms with Crippen LogP contribution in [0.4, 0.5) is 0 Å². The zero-order valence-corrected chi connectivity index (χ0v) is 69.8. The first-order chi connectivity index (χ1) is 53.3. The molecule has 17 atom stereocenters. The molecule has 0 radical (unpaired) electrons. The summed E-state index contributed by atoms with van der Waals surface area (Å²) in [4.78, 5) is 13.5. The van der Waals surface area contributed by atoms with Gasteiger partial charge in [-0.3, -0.25) is 4.79 Å². The minimum absolute atomic E-state index is 0.251. The van der Waals surface area contributed by atoms with E-state index < -0.39 is 124 Å². The Morgan fingerprint density at radius 1 is 0.321 bits per heavy atom. The van der Waals surface area contributed by atoms with Gasteiger partial charge in [0.1, 0.15) is 73.2 Å². The fourth-order valence-electron chi connectivity index (χ4n) is 16.2. The van der Waals surface area contributed by atoms with Crippen LogP contribution in [-0.4, -0.2) is 193 Å². The van der Waals surface area contributed by atoms with Crippen LogP contribution < -0.4 is 5.32 Å². The van der Waals surface area contributed by atoms with Crippen LogP contribution in [0, 0.1) is 0 Å². The van der Waals surface area contributed by atoms with Crippen LogP contribution in [0.25, 0.3) is 0 Å². The second-order valence-corrected chi connectivity index (χ2v) is 33.5. The van der Waals surface area contributed by atoms with Gasteiger partial charge in [-0.1, -0.05) is 411 Å². The minimum Gasteiger partial charge on any atom is -0.394 e. The summed E-state index contributed by atoms with van der Waals surface area (Å²) in [5, 5.41) is 121. The molecule has 0 saturated carbocycles. The molecule has 109 heavy (non-hydrogen) atoms. The van der Waals surface area contributed by atoms with Gasteiger partial charge >= 0.3 is 0 Å². The molecule has 0 spiro atoms. The summed E-state index contributed by atoms with van der Waals surface area (Å²) in [5.41, 5.74) is 0. The largest absolute Gasteiger partial charge is 0.394 e. The summed E-state index contributed by atoms with van der Waals surface area (Å²) in [5.74, 6) is -0.264. The number of carbonyl (C=O) groups is 1. The molecule has 646 valence electrons. The van der Waals surface area contributed by atoms with Crippen molar-refractivity contribution in [3.05, 3.63) is 12.2 Å². The van der Waals surface area contributed by atoms with Gasteiger partial charge in [-0.15, -0.1) is 0 Å². The molecule has 3 fully saturated rings. The summed E-state index contributed by atoms with van der Waals surface area (Å²) in [6.45, 7) is 1.83. The van der Waals surface area contributed by atoms with E-state index in [0.717, 1.165) is 44.9 Å². The number of allylic oxidation sites excluding steroid dienone is 1. The van der Waals surface area contributed by atoms with Crippen molar-refractivity contribution in [2.75, 3.05) is 26.4 Å². The van der Waals surface area contributed by atoms with Gasteiger partial charge in [-0.05, 0) is 19.3 Å². The van der Waals surface area contributed by atoms with E-state index in [2.05, 4.69) is 19.2 Å². The molecular weight excluding hydrogens is 1380 g/mol. The smallest absolute Gasteiger partial charge is 0.220 e. The van der Waals surface area contributed by atoms with Crippen molar-refractivity contribution < 1.29 is 89.4 Å². The summed E-state index contributed by atoms with van der Waals surface area (Å²) < 4.78 is 34.6. The highest BCUT2D eigenvalue weighted by Crippen LogP contribution is 2.34. The highest BCUT2D eigenvalue weighted by atomic mass is 16.8. The molecule has 3 rings (SSSR count). The van der Waals surface area contributed by atoms with Crippen LogP contribution >= 0.6 is 0 Å². The summed E-state index contributed by atoms with van der Waals surface area (Å²) in [6, 6.07) is -0.971. The number of nitrogens with one attached hydrogen (secondary N) is 1. The summed E-state index contributed by atoms with van der Waals surface area (Å²) >= 11 is 0. The van der Waals surface area contributed by atoms with Crippen LogP contribution in [0.15, 0.2) is 12.2 Å². The molecule has 0 aliphatic carbocycles. The molecule has 0 aromatic heterocycles. The maximum atomic E-state index is 13.5. The van der Waals surface area contributed by atoms with Crippen molar-refractivity contribution in [2.45, 2.75) is 529 Å². The Morgan fingerprint density at radius 3 is 0.862 bits per heavy atom. The second kappa shape index (κ2) is 70.7. The lowest BCUT2D eigenvalue weighted by molar-refractivity contribution is -0.379. The molecular formula is C90H173NO18. The highest BCUT2D eigenvalue weighted by Gasteiger charge is 2.54. The number of hydrogen-bond acceptors (Lipinski definition) is 18. The van der Waals surface area contributed by atoms with Gasteiger partial charge in [0.05, 0.1) is 38.6 Å². The van der Waals surface area contributed by atoms with Crippen LogP contribution in [0.2, 0.25) is 0 Å². The van der Waals surface area contributed by atoms with Crippen LogP contribution in [0.5, 0.6) is 0 Å². The Morgan fingerprint density at radius 2 is 0.569 bits per heavy atom. The van der Waals surface area contributed by atoms with E-state index in [1.807, 2.05) is 6.08 Å². The first kappa shape index (κ1) is 102. The number of carbonyl (C=O) groups excluding carboxylic acids is 1. The molecule has 3 saturated heterocycles. The molecule has 3 aliphatic heterocycles. The molecule has 19 heteroatoms. The predicted octanol–water partition coefficient (Wildman–Crippen LogP) is 17.9. The minimum atomic E-state index is -1.98. The zero-order valence-electron chi connectivity index (χ0n) is 69.8. The van der Waals surface area contributed by atoms with Crippen molar-refractivity contribution >= 4 is 5.91 Å². The molecule has 0 aromatic rings. The van der Waals surface area contributed by atoms with Gasteiger partial charge in [0, 0.05) is 6.42 Å². The fourth-order valence-corrected chi connectivity index (χ4v) is 16.2. The monoisotopic (exact) mass is 1560 g/mol. The third-order valence-electron chi connectivity index (χ3n) is 23.6. The lowest BCUT2D eigenvalue weighted by Crippen LogP contribution is -2.66. The Hall–Kier alpha value is -1.47. The molecule has 0 bridgehead atoms. The zero-order chi connectivity index (χ0) is 78.8. The van der Waals surface area contributed by atoms with Crippen molar-refractivity contribution in [2.24, 2.45) is 0 Å². The molecule has 3 heterocycles. The van der Waals surface area contributed by atoms with E-state index >= 15 is 0 Å². The molecule has 1 amide bonds. The number of amides is 1. The number of unbranched alkanes of at least 4 members (excludes halogenated alkanes) is 61. The highest BCUT2D eigenvalue weighted by molar-refractivity contribution is 5.76. The Balaban J connectivity index is 1.31. The summed E-state index contributed by atoms with van der Waals surface area (Å²) in [7, 11) is 0. The average molecular weight is 1560 g/mol. The maximum Gasteiger partial charge on any atom is 0.220 e. The van der Waals surface area contributed by atoms with E-state index in [0.29, 0.717) is 6.42 Å². The van der Waals surface area contributed by atoms with Crippen molar-refractivity contribution in [1.29, 1.82) is 0 Å². The van der Waals surface area contributed by atoms with Gasteiger partial charge in [0.25, 0.3) is 0 Å². The standard InChI is InChI=1S/C90H173NO18/c1-3-5-7-9-11-13-15-17-19-21-23-25-27-29-31-33-35-36-37-38-40-42-44-46-48-50-52-54-56-58-60-62-64-66-68-78(96)91-73(74(95)67-65-63-61-59-57-55-53-51-49-47-45-43-41-39-34-32-30-28-26-24-22-20-18-16-14-12-10-8-6-4-2)72-104-88-84(102)81(99)86(76(70-93)106-88)109-90-85(103)82(100)87(77(71-94)107-90)108-89-83(101)80(98)79(97)75(69-92)105-89/h65,67,73-77,79-90,92-95,97-103H,3-64,66,68-72H2,1-2H3,(H,91,96)/b67-65+. The third kappa shape index (κ3) is 49.4. The number of hydrogen-bond donors (Lipinski definition) is 12. The van der Waals surface area contributed by atoms with Crippen molar-refractivity contribution in [1.82, 2.24) is 5.32 Å². The van der Waals surface area contributed by atoms with Gasteiger partial charge in [0.15, 0.2) is 18.9 Å². The molecule has 12 N–H and O–H groups in total. The van der Waals surface area contributed by atoms with Gasteiger partial charge < -0.3 is 89.9 Å². The topological polar surface area (TPSA) is 307 Å². The first-order valence-corrected chi connectivity index (χ1v) is 46.4. The van der Waals surface area contributed by atoms with E-state index in [9.17, 15) is 61.0 Å². The second-order valence-electron chi connectivity index (χ2n) is 33.5. The van der Waals surface area contributed by atoms with Crippen LogP contribution in [-0.2, 0) is 33.2 Å². The Labute approximate surface area is 665 Å². The molecule has 17 unspecified atom stereocenters. The van der Waals surface area contributed by atoms with E-state index in [4.69, 9.17) is 28.4 Å². The number of ether oxygens (including phenoxy) is 6. The fraction of sp³-hybridized carbons (Fsp3) is 0.967. The maximum absolute atomic E-state index is 13.5. The Kier molecular flexibility index (Phi) is 66.0. The van der Waals surface area contributed by atoms with Crippen molar-refractivity contribution in [3.8, 4) is 0 Å². The third-order valence-corrected chi connectivity index (χ3v) is 23.6. The quantitative estimate of drug-likeness (QED) is 0.0199. The lowest BCUT2D eigenvalue weighted by atomic mass is 9.96. The summed E-state index contributed by atoms with van der Waals surface area (Å²) in [6.07, 6.45) is 60.9. The van der Waals surface area contributed by atoms with Gasteiger partial charge in [-0.25, -0.2) is 0 Å². The first-order valence-electron chi connectivity index (χ1n) is 46.4. The molecule has 3 aliphatic rings. The van der Waals surface area contributed by atoms with Crippen LogP contribution in [0.3, 0.4) is 0 Å². The van der Waals surface area contributed by atoms with E-state index in [-0.39, 0.29) is 18.9 Å². The Bertz CT molecular complexity index is 2010. The normalized spacial score (nSPS) is 25.2. The number of rotatable bonds is 77. The lowest BCUT2D eigenvalue weighted by Gasteiger charge is -2.48. The number of aliphatic hydroxyl groups is 11. The van der Waals surface area contributed by atoms with Crippen molar-refractivity contribution in [3.63, 3.8) is 0 Å². The van der Waals surface area contributed by atoms with Gasteiger partial charge in [0.2, 0.25) is 5.91 Å². The average Bonchev–Trinajstić information content (AvgIpc) is 0.762.